The summed E-state index contributed by atoms with van der Waals surface area (Å²) in [5, 5.41) is 3.27. The zero-order valence-electron chi connectivity index (χ0n) is 17.3. The van der Waals surface area contributed by atoms with Crippen molar-refractivity contribution in [3.05, 3.63) is 84.2 Å². The summed E-state index contributed by atoms with van der Waals surface area (Å²) >= 11 is 1.99. The number of aromatic nitrogens is 2. The first kappa shape index (κ1) is 22.1. The summed E-state index contributed by atoms with van der Waals surface area (Å²) < 4.78 is 15.3. The van der Waals surface area contributed by atoms with Crippen LogP contribution in [-0.2, 0) is 24.2 Å². The van der Waals surface area contributed by atoms with Gasteiger partial charge in [0.05, 0.1) is 6.33 Å². The van der Waals surface area contributed by atoms with Crippen molar-refractivity contribution in [3.8, 4) is 0 Å². The largest absolute Gasteiger partial charge is 0.336 e. The van der Waals surface area contributed by atoms with Crippen molar-refractivity contribution in [1.82, 2.24) is 9.55 Å². The van der Waals surface area contributed by atoms with Crippen molar-refractivity contribution < 1.29 is 9.18 Å². The van der Waals surface area contributed by atoms with Crippen LogP contribution in [0.3, 0.4) is 0 Å². The Morgan fingerprint density at radius 2 is 1.80 bits per heavy atom. The number of carbonyl (C=O) groups is 1. The number of anilines is 1. The molecule has 1 unspecified atom stereocenters. The number of nitrogens with one attached hydrogen (secondary N) is 1. The van der Waals surface area contributed by atoms with E-state index in [1.165, 1.54) is 30.2 Å². The van der Waals surface area contributed by atoms with Crippen LogP contribution in [0.1, 0.15) is 30.9 Å². The van der Waals surface area contributed by atoms with E-state index in [0.717, 1.165) is 43.7 Å². The molecule has 0 saturated carbocycles. The summed E-state index contributed by atoms with van der Waals surface area (Å²) in [5.41, 5.74) is 3.29. The number of amides is 1. The van der Waals surface area contributed by atoms with Gasteiger partial charge in [0, 0.05) is 36.8 Å². The van der Waals surface area contributed by atoms with E-state index < -0.39 is 0 Å². The van der Waals surface area contributed by atoms with Gasteiger partial charge in [-0.1, -0.05) is 24.3 Å². The van der Waals surface area contributed by atoms with Crippen LogP contribution in [0.2, 0.25) is 0 Å². The van der Waals surface area contributed by atoms with Crippen LogP contribution in [0.5, 0.6) is 0 Å². The molecule has 0 aliphatic rings. The molecule has 6 heteroatoms. The third kappa shape index (κ3) is 7.67. The Morgan fingerprint density at radius 3 is 2.47 bits per heavy atom. The minimum atomic E-state index is -0.187. The third-order valence-corrected chi connectivity index (χ3v) is 6.26. The number of hydrogen-bond donors (Lipinski definition) is 1. The van der Waals surface area contributed by atoms with Gasteiger partial charge in [-0.25, -0.2) is 9.37 Å². The van der Waals surface area contributed by atoms with Gasteiger partial charge in [-0.3, -0.25) is 4.79 Å². The quantitative estimate of drug-likeness (QED) is 0.421. The van der Waals surface area contributed by atoms with Crippen LogP contribution in [0, 0.1) is 5.82 Å². The van der Waals surface area contributed by atoms with Gasteiger partial charge in [0.25, 0.3) is 0 Å². The van der Waals surface area contributed by atoms with Gasteiger partial charge >= 0.3 is 0 Å². The molecule has 0 saturated heterocycles. The number of rotatable bonds is 11. The summed E-state index contributed by atoms with van der Waals surface area (Å²) in [6.45, 7) is 2.44. The molecule has 2 aromatic carbocycles. The van der Waals surface area contributed by atoms with E-state index in [1.807, 2.05) is 54.7 Å². The van der Waals surface area contributed by atoms with Gasteiger partial charge < -0.3 is 9.88 Å². The number of nitrogens with zero attached hydrogens (tertiary/aromatic N) is 2. The van der Waals surface area contributed by atoms with E-state index in [1.54, 1.807) is 0 Å². The maximum Gasteiger partial charge on any atom is 0.221 e. The summed E-state index contributed by atoms with van der Waals surface area (Å²) in [7, 11) is 0. The van der Waals surface area contributed by atoms with Crippen LogP contribution in [0.15, 0.2) is 67.3 Å². The monoisotopic (exact) mass is 425 g/mol. The predicted molar refractivity (Wildman–Crippen MR) is 122 cm³/mol. The highest BCUT2D eigenvalue weighted by molar-refractivity contribution is 7.99. The van der Waals surface area contributed by atoms with E-state index >= 15 is 0 Å². The summed E-state index contributed by atoms with van der Waals surface area (Å²) in [6.07, 6.45) is 9.78. The average Bonchev–Trinajstić information content (AvgIpc) is 3.24. The van der Waals surface area contributed by atoms with Crippen LogP contribution in [0.4, 0.5) is 10.1 Å². The maximum absolute atomic E-state index is 13.1. The van der Waals surface area contributed by atoms with Crippen molar-refractivity contribution in [2.75, 3.05) is 11.1 Å². The van der Waals surface area contributed by atoms with Gasteiger partial charge in [0.1, 0.15) is 5.82 Å². The lowest BCUT2D eigenvalue weighted by molar-refractivity contribution is -0.114. The van der Waals surface area contributed by atoms with E-state index in [-0.39, 0.29) is 11.7 Å². The van der Waals surface area contributed by atoms with E-state index in [4.69, 9.17) is 0 Å². The molecule has 0 radical (unpaired) electrons. The third-order valence-electron chi connectivity index (χ3n) is 4.88. The molecular weight excluding hydrogens is 397 g/mol. The molecule has 1 atom stereocenters. The molecule has 3 rings (SSSR count). The molecule has 0 bridgehead atoms. The number of halogens is 1. The second-order valence-corrected chi connectivity index (χ2v) is 8.81. The molecule has 4 nitrogen and oxygen atoms in total. The Kier molecular flexibility index (Phi) is 8.51. The summed E-state index contributed by atoms with van der Waals surface area (Å²) in [4.78, 5) is 15.3. The van der Waals surface area contributed by atoms with E-state index in [0.29, 0.717) is 5.25 Å². The zero-order chi connectivity index (χ0) is 21.2. The molecule has 1 N–H and O–H groups in total. The smallest absolute Gasteiger partial charge is 0.221 e. The number of imidazole rings is 1. The van der Waals surface area contributed by atoms with Gasteiger partial charge in [0.2, 0.25) is 5.91 Å². The summed E-state index contributed by atoms with van der Waals surface area (Å²) in [6, 6.07) is 14.9. The Morgan fingerprint density at radius 1 is 1.10 bits per heavy atom. The Hall–Kier alpha value is -2.60. The summed E-state index contributed by atoms with van der Waals surface area (Å²) in [5.74, 6) is 0.841. The highest BCUT2D eigenvalue weighted by atomic mass is 32.2. The number of thioether (sulfide) groups is 1. The Labute approximate surface area is 181 Å². The fraction of sp³-hybridized carbons (Fsp3) is 0.333. The molecule has 0 aliphatic carbocycles. The molecule has 1 aromatic heterocycles. The maximum atomic E-state index is 13.1. The fourth-order valence-corrected chi connectivity index (χ4v) is 4.53. The van der Waals surface area contributed by atoms with Crippen molar-refractivity contribution in [2.45, 2.75) is 44.4 Å². The molecule has 30 heavy (non-hydrogen) atoms. The van der Waals surface area contributed by atoms with Crippen LogP contribution < -0.4 is 5.32 Å². The first-order chi connectivity index (χ1) is 14.6. The number of aryl methyl sites for hydroxylation is 2. The topological polar surface area (TPSA) is 46.9 Å². The zero-order valence-corrected chi connectivity index (χ0v) is 18.1. The number of benzene rings is 2. The van der Waals surface area contributed by atoms with Crippen molar-refractivity contribution in [3.63, 3.8) is 0 Å². The van der Waals surface area contributed by atoms with Crippen LogP contribution in [-0.4, -0.2) is 26.5 Å². The van der Waals surface area contributed by atoms with Crippen LogP contribution >= 0.6 is 11.8 Å². The molecule has 158 valence electrons. The number of hydrogen-bond acceptors (Lipinski definition) is 3. The first-order valence-electron chi connectivity index (χ1n) is 10.3. The first-order valence-corrected chi connectivity index (χ1v) is 11.3. The molecule has 0 spiro atoms. The van der Waals surface area contributed by atoms with E-state index in [9.17, 15) is 9.18 Å². The highest BCUT2D eigenvalue weighted by Crippen LogP contribution is 2.22. The molecule has 1 amide bonds. The van der Waals surface area contributed by atoms with Gasteiger partial charge in [-0.15, -0.1) is 0 Å². The highest BCUT2D eigenvalue weighted by Gasteiger charge is 2.11. The average molecular weight is 426 g/mol. The Bertz CT molecular complexity index is 895. The predicted octanol–water partition coefficient (Wildman–Crippen LogP) is 5.35. The lowest BCUT2D eigenvalue weighted by atomic mass is 10.1. The van der Waals surface area contributed by atoms with E-state index in [2.05, 4.69) is 27.0 Å². The van der Waals surface area contributed by atoms with Gasteiger partial charge in [-0.05, 0) is 66.8 Å². The minimum absolute atomic E-state index is 0.0521. The minimum Gasteiger partial charge on any atom is -0.336 e. The Balaban J connectivity index is 1.46. The molecule has 0 fully saturated rings. The van der Waals surface area contributed by atoms with Gasteiger partial charge in [0.15, 0.2) is 0 Å². The number of carbonyl (C=O) groups excluding carboxylic acids is 1. The fourth-order valence-electron chi connectivity index (χ4n) is 3.32. The van der Waals surface area contributed by atoms with Crippen molar-refractivity contribution >= 4 is 23.4 Å². The molecule has 0 aliphatic heterocycles. The lowest BCUT2D eigenvalue weighted by Gasteiger charge is -2.17. The molecule has 1 heterocycles. The standard InChI is InChI=1S/C24H28FN3OS/c1-19(29)27-23-11-6-20(7-12-23)3-2-16-30-24(17-28-15-14-26-18-28)13-8-21-4-9-22(25)10-5-21/h4-7,9-12,14-15,18,24H,2-3,8,13,16-17H2,1H3,(H,27,29). The van der Waals surface area contributed by atoms with Gasteiger partial charge in [-0.2, -0.15) is 11.8 Å². The second-order valence-electron chi connectivity index (χ2n) is 7.40. The molecular formula is C24H28FN3OS. The SMILES string of the molecule is CC(=O)Nc1ccc(CCCSC(CCc2ccc(F)cc2)Cn2ccnc2)cc1. The lowest BCUT2D eigenvalue weighted by Crippen LogP contribution is -2.14. The van der Waals surface area contributed by atoms with Crippen LogP contribution in [0.25, 0.3) is 0 Å². The van der Waals surface area contributed by atoms with Crippen molar-refractivity contribution in [2.24, 2.45) is 0 Å². The second kappa shape index (κ2) is 11.6. The molecule has 3 aromatic rings. The normalized spacial score (nSPS) is 11.9. The van der Waals surface area contributed by atoms with Crippen molar-refractivity contribution in [1.29, 1.82) is 0 Å².